The third-order valence-corrected chi connectivity index (χ3v) is 3.55. The Morgan fingerprint density at radius 2 is 2.00 bits per heavy atom. The van der Waals surface area contributed by atoms with Crippen molar-refractivity contribution in [2.45, 2.75) is 20.8 Å². The van der Waals surface area contributed by atoms with E-state index in [1.165, 1.54) is 5.69 Å². The number of benzene rings is 1. The number of aromatic nitrogens is 1. The summed E-state index contributed by atoms with van der Waals surface area (Å²) in [5.74, 6) is 0. The number of pyridine rings is 1. The Hall–Kier alpha value is -2.67. The van der Waals surface area contributed by atoms with Gasteiger partial charge in [0.25, 0.3) is 0 Å². The third kappa shape index (κ3) is 3.50. The smallest absolute Gasteiger partial charge is 0.166 e. The second-order valence-electron chi connectivity index (χ2n) is 4.93. The van der Waals surface area contributed by atoms with Crippen LogP contribution in [-0.2, 0) is 0 Å². The molecule has 4 heteroatoms. The first-order valence-electron chi connectivity index (χ1n) is 7.45. The lowest BCUT2D eigenvalue weighted by Crippen LogP contribution is -2.21. The molecule has 112 valence electrons. The summed E-state index contributed by atoms with van der Waals surface area (Å²) in [6.45, 7) is 8.23. The molecule has 1 aromatic heterocycles. The van der Waals surface area contributed by atoms with Gasteiger partial charge >= 0.3 is 0 Å². The summed E-state index contributed by atoms with van der Waals surface area (Å²) < 4.78 is 0. The van der Waals surface area contributed by atoms with Crippen LogP contribution in [0.15, 0.2) is 47.6 Å². The highest BCUT2D eigenvalue weighted by atomic mass is 15.1. The first-order chi connectivity index (χ1) is 10.7. The van der Waals surface area contributed by atoms with Crippen LogP contribution in [0.25, 0.3) is 0 Å². The molecule has 2 rings (SSSR count). The number of aliphatic imine (C=N–C) groups is 1. The van der Waals surface area contributed by atoms with E-state index in [1.807, 2.05) is 31.2 Å². The molecule has 0 radical (unpaired) electrons. The van der Waals surface area contributed by atoms with Crippen molar-refractivity contribution < 1.29 is 0 Å². The zero-order valence-corrected chi connectivity index (χ0v) is 13.2. The van der Waals surface area contributed by atoms with Gasteiger partial charge in [-0.1, -0.05) is 6.07 Å². The van der Waals surface area contributed by atoms with Crippen molar-refractivity contribution in [2.24, 2.45) is 4.99 Å². The summed E-state index contributed by atoms with van der Waals surface area (Å²) in [6.07, 6.45) is 1.67. The van der Waals surface area contributed by atoms with Gasteiger partial charge in [-0.05, 0) is 56.7 Å². The molecule has 2 aromatic rings. The Morgan fingerprint density at radius 1 is 1.23 bits per heavy atom. The number of aryl methyl sites for hydroxylation is 1. The van der Waals surface area contributed by atoms with E-state index in [0.29, 0.717) is 11.4 Å². The van der Waals surface area contributed by atoms with Crippen LogP contribution in [0.2, 0.25) is 0 Å². The van der Waals surface area contributed by atoms with E-state index in [9.17, 15) is 5.26 Å². The third-order valence-electron chi connectivity index (χ3n) is 3.55. The molecule has 0 bridgehead atoms. The Labute approximate surface area is 131 Å². The second kappa shape index (κ2) is 7.37. The lowest BCUT2D eigenvalue weighted by molar-refractivity contribution is 0.865. The maximum atomic E-state index is 9.32. The van der Waals surface area contributed by atoms with Gasteiger partial charge in [0.2, 0.25) is 0 Å². The fraction of sp³-hybridized carbons (Fsp3) is 0.278. The molecule has 0 aliphatic carbocycles. The van der Waals surface area contributed by atoms with E-state index in [2.05, 4.69) is 40.9 Å². The lowest BCUT2D eigenvalue weighted by Gasteiger charge is -2.21. The summed E-state index contributed by atoms with van der Waals surface area (Å²) in [7, 11) is 0. The number of nitriles is 1. The van der Waals surface area contributed by atoms with Crippen molar-refractivity contribution in [3.63, 3.8) is 0 Å². The topological polar surface area (TPSA) is 52.3 Å². The van der Waals surface area contributed by atoms with Crippen LogP contribution in [0, 0.1) is 18.3 Å². The minimum atomic E-state index is 0.333. The fourth-order valence-electron chi connectivity index (χ4n) is 2.31. The summed E-state index contributed by atoms with van der Waals surface area (Å²) >= 11 is 0. The van der Waals surface area contributed by atoms with Crippen molar-refractivity contribution in [1.82, 2.24) is 4.98 Å². The van der Waals surface area contributed by atoms with E-state index in [-0.39, 0.29) is 0 Å². The van der Waals surface area contributed by atoms with Gasteiger partial charge in [0, 0.05) is 25.0 Å². The Kier molecular flexibility index (Phi) is 5.26. The average Bonchev–Trinajstić information content (AvgIpc) is 2.56. The SMILES string of the molecule is CCN(CC)c1ccc(N=C(C#N)c2ccccn2)c(C)c1. The Morgan fingerprint density at radius 3 is 2.55 bits per heavy atom. The molecule has 0 unspecified atom stereocenters. The van der Waals surface area contributed by atoms with Gasteiger partial charge in [0.1, 0.15) is 6.07 Å². The molecule has 0 atom stereocenters. The zero-order valence-electron chi connectivity index (χ0n) is 13.2. The van der Waals surface area contributed by atoms with E-state index >= 15 is 0 Å². The quantitative estimate of drug-likeness (QED) is 0.786. The van der Waals surface area contributed by atoms with Gasteiger partial charge in [0.05, 0.1) is 11.4 Å². The monoisotopic (exact) mass is 292 g/mol. The van der Waals surface area contributed by atoms with E-state index in [1.54, 1.807) is 12.3 Å². The summed E-state index contributed by atoms with van der Waals surface area (Å²) in [4.78, 5) is 10.9. The van der Waals surface area contributed by atoms with Gasteiger partial charge in [0.15, 0.2) is 5.71 Å². The number of hydrogen-bond donors (Lipinski definition) is 0. The molecule has 0 saturated carbocycles. The van der Waals surface area contributed by atoms with Crippen LogP contribution in [0.1, 0.15) is 25.1 Å². The standard InChI is InChI=1S/C18H20N4/c1-4-22(5-2)15-9-10-16(14(3)12-15)21-18(13-19)17-8-6-7-11-20-17/h6-12H,4-5H2,1-3H3. The van der Waals surface area contributed by atoms with Crippen LogP contribution in [0.4, 0.5) is 11.4 Å². The fourth-order valence-corrected chi connectivity index (χ4v) is 2.31. The average molecular weight is 292 g/mol. The zero-order chi connectivity index (χ0) is 15.9. The molecule has 22 heavy (non-hydrogen) atoms. The van der Waals surface area contributed by atoms with Crippen LogP contribution in [0.3, 0.4) is 0 Å². The molecular formula is C18H20N4. The first-order valence-corrected chi connectivity index (χ1v) is 7.45. The van der Waals surface area contributed by atoms with E-state index in [0.717, 1.165) is 24.3 Å². The summed E-state index contributed by atoms with van der Waals surface area (Å²) in [5.41, 5.74) is 3.96. The number of anilines is 1. The second-order valence-corrected chi connectivity index (χ2v) is 4.93. The molecule has 0 N–H and O–H groups in total. The van der Waals surface area contributed by atoms with E-state index in [4.69, 9.17) is 0 Å². The van der Waals surface area contributed by atoms with E-state index < -0.39 is 0 Å². The van der Waals surface area contributed by atoms with Crippen LogP contribution in [-0.4, -0.2) is 23.8 Å². The number of nitrogens with zero attached hydrogens (tertiary/aromatic N) is 4. The van der Waals surface area contributed by atoms with Crippen molar-refractivity contribution in [3.05, 3.63) is 53.9 Å². The largest absolute Gasteiger partial charge is 0.372 e. The van der Waals surface area contributed by atoms with Gasteiger partial charge in [-0.25, -0.2) is 4.99 Å². The highest BCUT2D eigenvalue weighted by molar-refractivity contribution is 6.11. The Balaban J connectivity index is 2.37. The van der Waals surface area contributed by atoms with Crippen LogP contribution >= 0.6 is 0 Å². The van der Waals surface area contributed by atoms with Gasteiger partial charge in [-0.2, -0.15) is 5.26 Å². The van der Waals surface area contributed by atoms with Crippen LogP contribution in [0.5, 0.6) is 0 Å². The maximum absolute atomic E-state index is 9.32. The predicted molar refractivity (Wildman–Crippen MR) is 90.8 cm³/mol. The number of hydrogen-bond acceptors (Lipinski definition) is 4. The first kappa shape index (κ1) is 15.7. The normalized spacial score (nSPS) is 11.1. The summed E-state index contributed by atoms with van der Waals surface area (Å²) in [5, 5.41) is 9.32. The molecule has 0 aliphatic rings. The highest BCUT2D eigenvalue weighted by Crippen LogP contribution is 2.25. The molecule has 1 heterocycles. The highest BCUT2D eigenvalue weighted by Gasteiger charge is 2.07. The molecule has 0 amide bonds. The molecule has 0 aliphatic heterocycles. The minimum absolute atomic E-state index is 0.333. The summed E-state index contributed by atoms with van der Waals surface area (Å²) in [6, 6.07) is 13.7. The van der Waals surface area contributed by atoms with Gasteiger partial charge in [-0.15, -0.1) is 0 Å². The molecule has 0 saturated heterocycles. The molecule has 0 spiro atoms. The minimum Gasteiger partial charge on any atom is -0.372 e. The van der Waals surface area contributed by atoms with Gasteiger partial charge < -0.3 is 4.90 Å². The molecule has 4 nitrogen and oxygen atoms in total. The molecular weight excluding hydrogens is 272 g/mol. The van der Waals surface area contributed by atoms with Crippen molar-refractivity contribution in [2.75, 3.05) is 18.0 Å². The van der Waals surface area contributed by atoms with Crippen molar-refractivity contribution >= 4 is 17.1 Å². The van der Waals surface area contributed by atoms with Crippen LogP contribution < -0.4 is 4.90 Å². The maximum Gasteiger partial charge on any atom is 0.166 e. The predicted octanol–water partition coefficient (Wildman–Crippen LogP) is 3.88. The number of rotatable bonds is 5. The lowest BCUT2D eigenvalue weighted by atomic mass is 10.1. The molecule has 1 aromatic carbocycles. The van der Waals surface area contributed by atoms with Gasteiger partial charge in [-0.3, -0.25) is 4.98 Å². The van der Waals surface area contributed by atoms with Crippen molar-refractivity contribution in [1.29, 1.82) is 5.26 Å². The van der Waals surface area contributed by atoms with Crippen molar-refractivity contribution in [3.8, 4) is 6.07 Å². The molecule has 0 fully saturated rings. The Bertz CT molecular complexity index is 695.